The maximum absolute atomic E-state index is 3.43. The first-order chi connectivity index (χ1) is 6.79. The molecule has 1 aromatic rings. The number of fused-ring (bicyclic) bond motifs is 1. The van der Waals surface area contributed by atoms with E-state index in [-0.39, 0.29) is 0 Å². The van der Waals surface area contributed by atoms with Crippen molar-refractivity contribution in [1.29, 1.82) is 0 Å². The van der Waals surface area contributed by atoms with Crippen LogP contribution >= 0.6 is 22.9 Å². The van der Waals surface area contributed by atoms with Gasteiger partial charge in [0.05, 0.1) is 28.2 Å². The summed E-state index contributed by atoms with van der Waals surface area (Å²) in [4.78, 5) is 0. The second-order valence-electron chi connectivity index (χ2n) is 3.51. The zero-order valence-corrected chi connectivity index (χ0v) is 10.8. The molecule has 2 nitrogen and oxygen atoms in total. The summed E-state index contributed by atoms with van der Waals surface area (Å²) in [5, 5.41) is 6.19. The molecule has 0 saturated heterocycles. The monoisotopic (exact) mass is 302 g/mol. The predicted molar refractivity (Wildman–Crippen MR) is 68.8 cm³/mol. The Balaban J connectivity index is 2.83. The van der Waals surface area contributed by atoms with Crippen molar-refractivity contribution in [1.82, 2.24) is 8.10 Å². The van der Waals surface area contributed by atoms with E-state index in [1.165, 1.54) is 21.8 Å². The highest BCUT2D eigenvalue weighted by atomic mass is 127. The lowest BCUT2D eigenvalue weighted by Gasteiger charge is -2.13. The van der Waals surface area contributed by atoms with Crippen LogP contribution in [0.25, 0.3) is 12.2 Å². The molecule has 76 valence electrons. The van der Waals surface area contributed by atoms with E-state index in [1.54, 1.807) is 0 Å². The fourth-order valence-electron chi connectivity index (χ4n) is 2.14. The van der Waals surface area contributed by atoms with Crippen LogP contribution < -0.4 is 15.9 Å². The van der Waals surface area contributed by atoms with Crippen LogP contribution in [-0.2, 0) is 13.0 Å². The first kappa shape index (κ1) is 10.2. The van der Waals surface area contributed by atoms with Crippen LogP contribution in [0.15, 0.2) is 0 Å². The number of rotatable bonds is 0. The van der Waals surface area contributed by atoms with E-state index < -0.39 is 0 Å². The molecule has 0 aliphatic carbocycles. The Morgan fingerprint density at radius 1 is 1.36 bits per heavy atom. The topological polar surface area (TPSA) is 17.0 Å². The van der Waals surface area contributed by atoms with Crippen LogP contribution in [0.5, 0.6) is 0 Å². The third-order valence-corrected chi connectivity index (χ3v) is 3.90. The maximum atomic E-state index is 3.43. The molecule has 0 aromatic carbocycles. The SMILES string of the molecule is C/C=c1/c2c(n(I)/c1=C/C)CCNC2. The Kier molecular flexibility index (Phi) is 2.97. The molecular formula is C11H15IN2. The third kappa shape index (κ3) is 1.42. The van der Waals surface area contributed by atoms with Crippen molar-refractivity contribution in [3.63, 3.8) is 0 Å². The van der Waals surface area contributed by atoms with Crippen molar-refractivity contribution in [2.24, 2.45) is 0 Å². The fraction of sp³-hybridized carbons (Fsp3) is 0.455. The third-order valence-electron chi connectivity index (χ3n) is 2.80. The van der Waals surface area contributed by atoms with Crippen LogP contribution in [0.4, 0.5) is 0 Å². The molecule has 0 fully saturated rings. The number of hydrogen-bond acceptors (Lipinski definition) is 1. The first-order valence-electron chi connectivity index (χ1n) is 5.01. The van der Waals surface area contributed by atoms with Gasteiger partial charge in [0.25, 0.3) is 0 Å². The van der Waals surface area contributed by atoms with Gasteiger partial charge in [0.1, 0.15) is 0 Å². The minimum Gasteiger partial charge on any atom is -0.312 e. The summed E-state index contributed by atoms with van der Waals surface area (Å²) in [6.07, 6.45) is 5.56. The van der Waals surface area contributed by atoms with Gasteiger partial charge in [0, 0.05) is 30.4 Å². The van der Waals surface area contributed by atoms with Gasteiger partial charge in [0.15, 0.2) is 0 Å². The quantitative estimate of drug-likeness (QED) is 0.706. The summed E-state index contributed by atoms with van der Waals surface area (Å²) in [6, 6.07) is 0. The van der Waals surface area contributed by atoms with Gasteiger partial charge >= 0.3 is 0 Å². The molecule has 0 spiro atoms. The average Bonchev–Trinajstić information content (AvgIpc) is 2.51. The predicted octanol–water partition coefficient (Wildman–Crippen LogP) is 0.933. The lowest BCUT2D eigenvalue weighted by molar-refractivity contribution is 0.634. The standard InChI is InChI=1S/C11H15IN2/c1-3-8-9-7-13-6-5-11(9)14(12)10(8)4-2/h3-4,13H,5-7H2,1-2H3/b8-3-,10-4+. The van der Waals surface area contributed by atoms with Gasteiger partial charge in [-0.2, -0.15) is 0 Å². The van der Waals surface area contributed by atoms with E-state index in [0.717, 1.165) is 19.5 Å². The molecule has 1 aromatic heterocycles. The highest BCUT2D eigenvalue weighted by molar-refractivity contribution is 14.1. The lowest BCUT2D eigenvalue weighted by Crippen LogP contribution is -2.29. The molecule has 1 aliphatic heterocycles. The summed E-state index contributed by atoms with van der Waals surface area (Å²) in [5.41, 5.74) is 2.98. The van der Waals surface area contributed by atoms with E-state index in [0.29, 0.717) is 0 Å². The van der Waals surface area contributed by atoms with E-state index in [4.69, 9.17) is 0 Å². The van der Waals surface area contributed by atoms with E-state index in [1.807, 2.05) is 0 Å². The smallest absolute Gasteiger partial charge is 0.0643 e. The second kappa shape index (κ2) is 4.06. The molecule has 2 rings (SSSR count). The summed E-state index contributed by atoms with van der Waals surface area (Å²) in [6.45, 7) is 6.35. The summed E-state index contributed by atoms with van der Waals surface area (Å²) < 4.78 is 2.31. The first-order valence-corrected chi connectivity index (χ1v) is 5.98. The van der Waals surface area contributed by atoms with Crippen LogP contribution in [0, 0.1) is 0 Å². The number of nitrogens with zero attached hydrogens (tertiary/aromatic N) is 1. The number of nitrogens with one attached hydrogen (secondary N) is 1. The Hall–Kier alpha value is -0.290. The number of halogens is 1. The number of hydrogen-bond donors (Lipinski definition) is 1. The van der Waals surface area contributed by atoms with Crippen molar-refractivity contribution in [2.45, 2.75) is 26.8 Å². The summed E-state index contributed by atoms with van der Waals surface area (Å²) in [5.74, 6) is 0. The van der Waals surface area contributed by atoms with Crippen molar-refractivity contribution in [3.05, 3.63) is 21.8 Å². The maximum Gasteiger partial charge on any atom is 0.0643 e. The average molecular weight is 302 g/mol. The zero-order chi connectivity index (χ0) is 10.1. The molecule has 0 saturated carbocycles. The van der Waals surface area contributed by atoms with Gasteiger partial charge in [-0.1, -0.05) is 12.2 Å². The molecule has 0 unspecified atom stereocenters. The van der Waals surface area contributed by atoms with E-state index >= 15 is 0 Å². The largest absolute Gasteiger partial charge is 0.312 e. The van der Waals surface area contributed by atoms with Crippen molar-refractivity contribution < 1.29 is 0 Å². The van der Waals surface area contributed by atoms with Gasteiger partial charge in [-0.25, -0.2) is 0 Å². The Bertz CT molecular complexity index is 457. The molecule has 1 aliphatic rings. The van der Waals surface area contributed by atoms with Crippen LogP contribution in [0.2, 0.25) is 0 Å². The van der Waals surface area contributed by atoms with Crippen molar-refractivity contribution in [3.8, 4) is 0 Å². The molecule has 0 atom stereocenters. The zero-order valence-electron chi connectivity index (χ0n) is 8.60. The Morgan fingerprint density at radius 2 is 2.14 bits per heavy atom. The minimum absolute atomic E-state index is 1.02. The molecule has 3 heteroatoms. The van der Waals surface area contributed by atoms with Gasteiger partial charge < -0.3 is 5.32 Å². The lowest BCUT2D eigenvalue weighted by atomic mass is 10.1. The Morgan fingerprint density at radius 3 is 2.79 bits per heavy atom. The molecule has 0 bridgehead atoms. The van der Waals surface area contributed by atoms with Crippen LogP contribution in [0.1, 0.15) is 25.1 Å². The second-order valence-corrected chi connectivity index (χ2v) is 4.47. The van der Waals surface area contributed by atoms with Crippen molar-refractivity contribution >= 4 is 35.0 Å². The molecule has 0 radical (unpaired) electrons. The molecular weight excluding hydrogens is 287 g/mol. The molecule has 14 heavy (non-hydrogen) atoms. The number of aromatic nitrogens is 1. The molecule has 1 N–H and O–H groups in total. The van der Waals surface area contributed by atoms with Crippen LogP contribution in [0.3, 0.4) is 0 Å². The fourth-order valence-corrected chi connectivity index (χ4v) is 3.21. The molecule has 2 heterocycles. The van der Waals surface area contributed by atoms with Gasteiger partial charge in [0.2, 0.25) is 0 Å². The van der Waals surface area contributed by atoms with Crippen molar-refractivity contribution in [2.75, 3.05) is 6.54 Å². The van der Waals surface area contributed by atoms with E-state index in [9.17, 15) is 0 Å². The normalized spacial score (nSPS) is 18.8. The minimum atomic E-state index is 1.02. The Labute approximate surface area is 98.2 Å². The summed E-state index contributed by atoms with van der Waals surface area (Å²) in [7, 11) is 0. The van der Waals surface area contributed by atoms with Gasteiger partial charge in [-0.05, 0) is 19.4 Å². The van der Waals surface area contributed by atoms with E-state index in [2.05, 4.69) is 57.0 Å². The van der Waals surface area contributed by atoms with Crippen LogP contribution in [-0.4, -0.2) is 9.33 Å². The molecule has 0 amide bonds. The highest BCUT2D eigenvalue weighted by Crippen LogP contribution is 2.10. The van der Waals surface area contributed by atoms with Gasteiger partial charge in [-0.15, -0.1) is 0 Å². The highest BCUT2D eigenvalue weighted by Gasteiger charge is 2.15. The summed E-state index contributed by atoms with van der Waals surface area (Å²) >= 11 is 2.41. The van der Waals surface area contributed by atoms with Gasteiger partial charge in [-0.3, -0.25) is 2.78 Å².